The zero-order valence-electron chi connectivity index (χ0n) is 10.9. The van der Waals surface area contributed by atoms with Gasteiger partial charge in [-0.3, -0.25) is 0 Å². The summed E-state index contributed by atoms with van der Waals surface area (Å²) >= 11 is 12.4. The molecule has 0 aliphatic rings. The van der Waals surface area contributed by atoms with Crippen molar-refractivity contribution in [2.75, 3.05) is 0 Å². The molecule has 4 heteroatoms. The van der Waals surface area contributed by atoms with Gasteiger partial charge in [-0.15, -0.1) is 0 Å². The molecule has 2 rings (SSSR count). The number of nitrogens with zero attached hydrogens (tertiary/aromatic N) is 1. The summed E-state index contributed by atoms with van der Waals surface area (Å²) < 4.78 is 5.68. The SMILES string of the molecule is [C-]#[N+]C(C)c1cc(Cl)c(OCc2ccccc2)cc1Cl. The lowest BCUT2D eigenvalue weighted by atomic mass is 10.1. The van der Waals surface area contributed by atoms with Crippen LogP contribution in [0.1, 0.15) is 24.1 Å². The second kappa shape index (κ2) is 6.65. The van der Waals surface area contributed by atoms with E-state index in [1.165, 1.54) is 0 Å². The van der Waals surface area contributed by atoms with Crippen LogP contribution in [0.25, 0.3) is 4.85 Å². The van der Waals surface area contributed by atoms with E-state index in [1.807, 2.05) is 30.3 Å². The summed E-state index contributed by atoms with van der Waals surface area (Å²) in [7, 11) is 0. The second-order valence-electron chi connectivity index (χ2n) is 4.38. The minimum Gasteiger partial charge on any atom is -0.487 e. The van der Waals surface area contributed by atoms with Crippen LogP contribution in [0.3, 0.4) is 0 Å². The Labute approximate surface area is 128 Å². The first kappa shape index (κ1) is 14.7. The molecule has 0 aliphatic carbocycles. The minimum atomic E-state index is -0.317. The van der Waals surface area contributed by atoms with E-state index in [0.717, 1.165) is 11.1 Å². The van der Waals surface area contributed by atoms with Crippen molar-refractivity contribution in [2.24, 2.45) is 0 Å². The van der Waals surface area contributed by atoms with Crippen molar-refractivity contribution in [2.45, 2.75) is 19.6 Å². The third-order valence-electron chi connectivity index (χ3n) is 2.93. The molecule has 0 N–H and O–H groups in total. The number of halogens is 2. The van der Waals surface area contributed by atoms with Crippen molar-refractivity contribution in [1.29, 1.82) is 0 Å². The first-order valence-corrected chi connectivity index (χ1v) is 6.89. The summed E-state index contributed by atoms with van der Waals surface area (Å²) in [6.45, 7) is 9.26. The van der Waals surface area contributed by atoms with Crippen molar-refractivity contribution in [3.05, 3.63) is 75.1 Å². The third kappa shape index (κ3) is 3.45. The maximum Gasteiger partial charge on any atom is 0.247 e. The predicted octanol–water partition coefficient (Wildman–Crippen LogP) is 5.55. The van der Waals surface area contributed by atoms with Gasteiger partial charge in [-0.05, 0) is 11.6 Å². The van der Waals surface area contributed by atoms with E-state index in [9.17, 15) is 0 Å². The van der Waals surface area contributed by atoms with Gasteiger partial charge in [0, 0.05) is 13.0 Å². The Morgan fingerprint density at radius 3 is 2.50 bits per heavy atom. The summed E-state index contributed by atoms with van der Waals surface area (Å²) in [6, 6.07) is 12.9. The van der Waals surface area contributed by atoms with Crippen molar-refractivity contribution in [1.82, 2.24) is 0 Å². The Hall–Kier alpha value is -1.69. The largest absolute Gasteiger partial charge is 0.487 e. The van der Waals surface area contributed by atoms with Crippen LogP contribution < -0.4 is 4.74 Å². The molecular formula is C16H13Cl2NO. The standard InChI is InChI=1S/C16H13Cl2NO/c1-11(19-2)13-8-15(18)16(9-14(13)17)20-10-12-6-4-3-5-7-12/h3-9,11H,10H2,1H3. The van der Waals surface area contributed by atoms with Crippen LogP contribution in [-0.4, -0.2) is 0 Å². The number of benzene rings is 2. The highest BCUT2D eigenvalue weighted by Gasteiger charge is 2.16. The summed E-state index contributed by atoms with van der Waals surface area (Å²) in [5.74, 6) is 0.529. The van der Waals surface area contributed by atoms with Gasteiger partial charge in [-0.25, -0.2) is 6.57 Å². The van der Waals surface area contributed by atoms with E-state index in [0.29, 0.717) is 22.4 Å². The molecule has 2 aromatic rings. The number of hydrogen-bond acceptors (Lipinski definition) is 1. The molecule has 0 heterocycles. The maximum atomic E-state index is 7.05. The molecule has 0 radical (unpaired) electrons. The summed E-state index contributed by atoms with van der Waals surface area (Å²) in [5.41, 5.74) is 1.78. The maximum absolute atomic E-state index is 7.05. The highest BCUT2D eigenvalue weighted by molar-refractivity contribution is 6.34. The predicted molar refractivity (Wildman–Crippen MR) is 82.3 cm³/mol. The molecule has 0 amide bonds. The average Bonchev–Trinajstić information content (AvgIpc) is 2.48. The fraction of sp³-hybridized carbons (Fsp3) is 0.188. The molecule has 2 nitrogen and oxygen atoms in total. The van der Waals surface area contributed by atoms with E-state index in [4.69, 9.17) is 34.5 Å². The van der Waals surface area contributed by atoms with Gasteiger partial charge in [0.05, 0.1) is 15.6 Å². The minimum absolute atomic E-state index is 0.317. The molecule has 102 valence electrons. The lowest BCUT2D eigenvalue weighted by molar-refractivity contribution is 0.306. The number of rotatable bonds is 4. The van der Waals surface area contributed by atoms with Crippen LogP contribution in [0.4, 0.5) is 0 Å². The van der Waals surface area contributed by atoms with E-state index >= 15 is 0 Å². The van der Waals surface area contributed by atoms with Gasteiger partial charge < -0.3 is 9.58 Å². The summed E-state index contributed by atoms with van der Waals surface area (Å²) in [4.78, 5) is 3.45. The van der Waals surface area contributed by atoms with Crippen molar-refractivity contribution in [3.8, 4) is 5.75 Å². The van der Waals surface area contributed by atoms with Crippen molar-refractivity contribution >= 4 is 23.2 Å². The van der Waals surface area contributed by atoms with Gasteiger partial charge in [0.25, 0.3) is 0 Å². The Morgan fingerprint density at radius 1 is 1.15 bits per heavy atom. The molecular weight excluding hydrogens is 293 g/mol. The molecule has 1 atom stereocenters. The molecule has 0 bridgehead atoms. The van der Waals surface area contributed by atoms with Gasteiger partial charge in [0.2, 0.25) is 6.04 Å². The average molecular weight is 306 g/mol. The molecule has 0 aromatic heterocycles. The quantitative estimate of drug-likeness (QED) is 0.675. The van der Waals surface area contributed by atoms with Crippen LogP contribution in [0.15, 0.2) is 42.5 Å². The van der Waals surface area contributed by atoms with Gasteiger partial charge >= 0.3 is 0 Å². The second-order valence-corrected chi connectivity index (χ2v) is 5.20. The number of ether oxygens (including phenoxy) is 1. The van der Waals surface area contributed by atoms with Gasteiger partial charge in [0.15, 0.2) is 0 Å². The molecule has 0 fully saturated rings. The van der Waals surface area contributed by atoms with Crippen molar-refractivity contribution < 1.29 is 4.74 Å². The smallest absolute Gasteiger partial charge is 0.247 e. The van der Waals surface area contributed by atoms with Crippen LogP contribution in [0, 0.1) is 6.57 Å². The van der Waals surface area contributed by atoms with Crippen LogP contribution >= 0.6 is 23.2 Å². The van der Waals surface area contributed by atoms with Crippen LogP contribution in [0.2, 0.25) is 10.0 Å². The Balaban J connectivity index is 2.18. The molecule has 0 saturated heterocycles. The van der Waals surface area contributed by atoms with E-state index in [1.54, 1.807) is 19.1 Å². The molecule has 0 aliphatic heterocycles. The lowest BCUT2D eigenvalue weighted by Gasteiger charge is -2.11. The Morgan fingerprint density at radius 2 is 1.85 bits per heavy atom. The molecule has 0 saturated carbocycles. The van der Waals surface area contributed by atoms with E-state index < -0.39 is 0 Å². The van der Waals surface area contributed by atoms with Crippen LogP contribution in [0.5, 0.6) is 5.75 Å². The topological polar surface area (TPSA) is 13.6 Å². The fourth-order valence-corrected chi connectivity index (χ4v) is 2.32. The monoisotopic (exact) mass is 305 g/mol. The molecule has 20 heavy (non-hydrogen) atoms. The van der Waals surface area contributed by atoms with E-state index in [-0.39, 0.29) is 6.04 Å². The van der Waals surface area contributed by atoms with Crippen molar-refractivity contribution in [3.63, 3.8) is 0 Å². The van der Waals surface area contributed by atoms with Gasteiger partial charge in [-0.2, -0.15) is 0 Å². The highest BCUT2D eigenvalue weighted by Crippen LogP contribution is 2.35. The first-order chi connectivity index (χ1) is 9.61. The molecule has 1 unspecified atom stereocenters. The highest BCUT2D eigenvalue weighted by atomic mass is 35.5. The Bertz CT molecular complexity index is 635. The summed E-state index contributed by atoms with van der Waals surface area (Å²) in [6.07, 6.45) is 0. The third-order valence-corrected chi connectivity index (χ3v) is 3.55. The Kier molecular flexibility index (Phi) is 4.89. The van der Waals surface area contributed by atoms with E-state index in [2.05, 4.69) is 4.85 Å². The van der Waals surface area contributed by atoms with Crippen LogP contribution in [-0.2, 0) is 6.61 Å². The lowest BCUT2D eigenvalue weighted by Crippen LogP contribution is -1.97. The first-order valence-electron chi connectivity index (χ1n) is 6.14. The zero-order valence-corrected chi connectivity index (χ0v) is 12.4. The fourth-order valence-electron chi connectivity index (χ4n) is 1.78. The molecule has 0 spiro atoms. The van der Waals surface area contributed by atoms with Gasteiger partial charge in [-0.1, -0.05) is 53.5 Å². The number of hydrogen-bond donors (Lipinski definition) is 0. The molecule has 2 aromatic carbocycles. The zero-order chi connectivity index (χ0) is 14.5. The summed E-state index contributed by atoms with van der Waals surface area (Å²) in [5, 5.41) is 0.969. The van der Waals surface area contributed by atoms with Gasteiger partial charge in [0.1, 0.15) is 12.4 Å². The normalized spacial score (nSPS) is 11.7.